The van der Waals surface area contributed by atoms with Crippen molar-refractivity contribution in [2.75, 3.05) is 13.1 Å². The van der Waals surface area contributed by atoms with Crippen LogP contribution >= 0.6 is 11.8 Å². The number of likely N-dealkylation sites (tertiary alicyclic amines) is 2. The van der Waals surface area contributed by atoms with Crippen molar-refractivity contribution in [2.24, 2.45) is 23.7 Å². The Hall–Kier alpha value is -2.45. The number of ketones is 3. The van der Waals surface area contributed by atoms with Crippen molar-refractivity contribution >= 4 is 62.9 Å². The van der Waals surface area contributed by atoms with Gasteiger partial charge in [-0.25, -0.2) is 0 Å². The standard InChI is InChI=1S/C12H19NO3.C11H17NO3.C9H18O4S2/c1-8(2)10-7-11(15)13(12(10)16)6-4-5-9(3)14;1-7(2)9-6-10(14)12(11(9)15)5-4-8(3)13;1-6(2)14-7(3)5-9(8(4)10)15(11,12)13/h8,10H,4-7H2,1-3H3;7,9H,4-6H2,1-3H3;6-7,9H,5H2,1-4H3,(H,11,12,13). The van der Waals surface area contributed by atoms with Crippen LogP contribution in [0.1, 0.15) is 108 Å². The van der Waals surface area contributed by atoms with Gasteiger partial charge in [0.2, 0.25) is 23.6 Å². The summed E-state index contributed by atoms with van der Waals surface area (Å²) in [5, 5.41) is -0.881. The van der Waals surface area contributed by atoms with E-state index in [0.717, 1.165) is 0 Å². The molecular weight excluding hydrogens is 636 g/mol. The molecule has 2 fully saturated rings. The SMILES string of the molecule is CC(=O)C(CC(C)SC(C)C)S(=O)(=O)O.CC(=O)CCCN1C(=O)CC(C(C)C)C1=O.CC(=O)CCN1C(=O)CC(C(C)C)C1=O. The highest BCUT2D eigenvalue weighted by molar-refractivity contribution is 8.00. The molecule has 4 atom stereocenters. The summed E-state index contributed by atoms with van der Waals surface area (Å²) in [6.07, 6.45) is 2.07. The molecule has 14 heteroatoms. The van der Waals surface area contributed by atoms with Crippen molar-refractivity contribution in [1.82, 2.24) is 9.80 Å². The number of carbonyl (C=O) groups is 7. The van der Waals surface area contributed by atoms with Gasteiger partial charge in [0.1, 0.15) is 22.6 Å². The fourth-order valence-electron chi connectivity index (χ4n) is 5.00. The van der Waals surface area contributed by atoms with Gasteiger partial charge in [-0.1, -0.05) is 48.5 Å². The Balaban J connectivity index is 0.000000661. The molecule has 0 aromatic heterocycles. The fourth-order valence-corrected chi connectivity index (χ4v) is 7.31. The van der Waals surface area contributed by atoms with Crippen LogP contribution in [0.15, 0.2) is 0 Å². The van der Waals surface area contributed by atoms with E-state index in [1.54, 1.807) is 11.8 Å². The van der Waals surface area contributed by atoms with Gasteiger partial charge in [0.15, 0.2) is 0 Å². The van der Waals surface area contributed by atoms with Crippen LogP contribution in [0, 0.1) is 23.7 Å². The van der Waals surface area contributed by atoms with Gasteiger partial charge < -0.3 is 4.79 Å². The minimum Gasteiger partial charge on any atom is -0.300 e. The molecule has 2 saturated heterocycles. The van der Waals surface area contributed by atoms with Crippen molar-refractivity contribution in [2.45, 2.75) is 124 Å². The van der Waals surface area contributed by atoms with Crippen LogP contribution < -0.4 is 0 Å². The lowest BCUT2D eigenvalue weighted by Gasteiger charge is -2.17. The molecule has 2 rings (SSSR count). The Morgan fingerprint density at radius 1 is 0.761 bits per heavy atom. The van der Waals surface area contributed by atoms with Crippen LogP contribution in [0.3, 0.4) is 0 Å². The van der Waals surface area contributed by atoms with Gasteiger partial charge >= 0.3 is 0 Å². The highest BCUT2D eigenvalue weighted by Crippen LogP contribution is 2.27. The molecule has 0 spiro atoms. The number of amides is 4. The second kappa shape index (κ2) is 20.0. The minimum absolute atomic E-state index is 0.00333. The van der Waals surface area contributed by atoms with E-state index in [1.807, 2.05) is 48.5 Å². The van der Waals surface area contributed by atoms with E-state index in [1.165, 1.54) is 30.6 Å². The van der Waals surface area contributed by atoms with E-state index in [0.29, 0.717) is 37.5 Å². The Kier molecular flexibility index (Phi) is 19.0. The summed E-state index contributed by atoms with van der Waals surface area (Å²) >= 11 is 1.59. The predicted octanol–water partition coefficient (Wildman–Crippen LogP) is 4.14. The summed E-state index contributed by atoms with van der Waals surface area (Å²) in [7, 11) is -4.26. The van der Waals surface area contributed by atoms with Gasteiger partial charge in [0.05, 0.1) is 0 Å². The van der Waals surface area contributed by atoms with Crippen LogP contribution in [-0.4, -0.2) is 92.6 Å². The zero-order valence-electron chi connectivity index (χ0n) is 29.0. The molecule has 4 unspecified atom stereocenters. The van der Waals surface area contributed by atoms with E-state index >= 15 is 0 Å². The van der Waals surface area contributed by atoms with Crippen molar-refractivity contribution in [3.05, 3.63) is 0 Å². The Bertz CT molecular complexity index is 1210. The predicted molar refractivity (Wildman–Crippen MR) is 177 cm³/mol. The molecule has 0 aromatic rings. The number of imide groups is 2. The number of Topliss-reactive ketones (excluding diaryl/α,β-unsaturated/α-hetero) is 3. The van der Waals surface area contributed by atoms with Crippen LogP contribution in [0.5, 0.6) is 0 Å². The lowest BCUT2D eigenvalue weighted by Crippen LogP contribution is -2.33. The van der Waals surface area contributed by atoms with Crippen molar-refractivity contribution in [3.63, 3.8) is 0 Å². The molecule has 1 N–H and O–H groups in total. The number of hydrogen-bond donors (Lipinski definition) is 1. The van der Waals surface area contributed by atoms with E-state index in [-0.39, 0.29) is 83.5 Å². The van der Waals surface area contributed by atoms with Gasteiger partial charge in [-0.3, -0.25) is 43.1 Å². The van der Waals surface area contributed by atoms with Gasteiger partial charge in [-0.2, -0.15) is 20.2 Å². The van der Waals surface area contributed by atoms with Crippen LogP contribution in [0.2, 0.25) is 0 Å². The average Bonchev–Trinajstić information content (AvgIpc) is 3.34. The number of thioether (sulfide) groups is 1. The van der Waals surface area contributed by atoms with Gasteiger partial charge in [-0.15, -0.1) is 0 Å². The molecule has 2 aliphatic rings. The van der Waals surface area contributed by atoms with E-state index in [9.17, 15) is 42.0 Å². The van der Waals surface area contributed by atoms with Gasteiger partial charge in [0, 0.05) is 55.9 Å². The minimum atomic E-state index is -4.26. The van der Waals surface area contributed by atoms with Gasteiger partial charge in [-0.05, 0) is 50.7 Å². The number of nitrogens with zero attached hydrogens (tertiary/aromatic N) is 2. The maximum atomic E-state index is 11.9. The van der Waals surface area contributed by atoms with E-state index in [2.05, 4.69) is 0 Å². The summed E-state index contributed by atoms with van der Waals surface area (Å²) in [5.41, 5.74) is 0. The molecule has 0 saturated carbocycles. The largest absolute Gasteiger partial charge is 0.300 e. The second-order valence-corrected chi connectivity index (χ2v) is 16.6. The molecule has 2 aliphatic heterocycles. The first-order valence-electron chi connectivity index (χ1n) is 15.8. The third kappa shape index (κ3) is 15.4. The third-order valence-electron chi connectivity index (χ3n) is 7.63. The molecule has 2 heterocycles. The van der Waals surface area contributed by atoms with Crippen molar-refractivity contribution < 1.29 is 46.5 Å². The normalized spacial score (nSPS) is 19.7. The average molecular weight is 691 g/mol. The molecular formula is C32H54N2O10S2. The third-order valence-corrected chi connectivity index (χ3v) is 10.1. The summed E-state index contributed by atoms with van der Waals surface area (Å²) < 4.78 is 30.7. The van der Waals surface area contributed by atoms with E-state index in [4.69, 9.17) is 4.55 Å². The Labute approximate surface area is 278 Å². The molecule has 4 amide bonds. The molecule has 0 aliphatic carbocycles. The lowest BCUT2D eigenvalue weighted by atomic mass is 9.94. The van der Waals surface area contributed by atoms with Crippen molar-refractivity contribution in [1.29, 1.82) is 0 Å². The number of rotatable bonds is 15. The zero-order valence-corrected chi connectivity index (χ0v) is 30.7. The smallest absolute Gasteiger partial charge is 0.275 e. The van der Waals surface area contributed by atoms with Gasteiger partial charge in [0.25, 0.3) is 10.1 Å². The monoisotopic (exact) mass is 690 g/mol. The molecule has 0 radical (unpaired) electrons. The van der Waals surface area contributed by atoms with Crippen LogP contribution in [0.25, 0.3) is 0 Å². The van der Waals surface area contributed by atoms with Crippen LogP contribution in [-0.2, 0) is 43.7 Å². The summed E-state index contributed by atoms with van der Waals surface area (Å²) in [6.45, 7) is 18.4. The quantitative estimate of drug-likeness (QED) is 0.193. The highest BCUT2D eigenvalue weighted by Gasteiger charge is 2.40. The molecule has 0 aromatic carbocycles. The first kappa shape index (κ1) is 43.5. The van der Waals surface area contributed by atoms with E-state index < -0.39 is 21.2 Å². The first-order valence-corrected chi connectivity index (χ1v) is 18.2. The van der Waals surface area contributed by atoms with Crippen LogP contribution in [0.4, 0.5) is 0 Å². The molecule has 12 nitrogen and oxygen atoms in total. The Morgan fingerprint density at radius 3 is 1.48 bits per heavy atom. The molecule has 46 heavy (non-hydrogen) atoms. The summed E-state index contributed by atoms with van der Waals surface area (Å²) in [4.78, 5) is 81.9. The zero-order chi connectivity index (χ0) is 36.1. The molecule has 0 bridgehead atoms. The number of hydrogen-bond acceptors (Lipinski definition) is 10. The van der Waals surface area contributed by atoms with Crippen molar-refractivity contribution in [3.8, 4) is 0 Å². The summed E-state index contributed by atoms with van der Waals surface area (Å²) in [6, 6.07) is 0. The molecule has 264 valence electrons. The maximum absolute atomic E-state index is 11.9. The topological polar surface area (TPSA) is 180 Å². The fraction of sp³-hybridized carbons (Fsp3) is 0.781. The second-order valence-electron chi connectivity index (χ2n) is 13.0. The number of carbonyl (C=O) groups excluding carboxylic acids is 7. The highest BCUT2D eigenvalue weighted by atomic mass is 32.2. The Morgan fingerprint density at radius 2 is 1.17 bits per heavy atom. The first-order chi connectivity index (χ1) is 21.0. The lowest BCUT2D eigenvalue weighted by molar-refractivity contribution is -0.141. The maximum Gasteiger partial charge on any atom is 0.275 e. The summed E-state index contributed by atoms with van der Waals surface area (Å²) in [5.74, 6) is -0.781.